The second kappa shape index (κ2) is 12.2. The van der Waals surface area contributed by atoms with Gasteiger partial charge in [0.1, 0.15) is 0 Å². The zero-order valence-electron chi connectivity index (χ0n) is 20.9. The van der Waals surface area contributed by atoms with Gasteiger partial charge in [0.05, 0.1) is 12.2 Å². The number of carbonyl (C=O) groups excluding carboxylic acids is 2. The fraction of sp³-hybridized carbons (Fsp3) is 0.500. The average molecular weight is 479 g/mol. The van der Waals surface area contributed by atoms with Crippen LogP contribution in [0.3, 0.4) is 0 Å². The van der Waals surface area contributed by atoms with Gasteiger partial charge >= 0.3 is 6.03 Å². The van der Waals surface area contributed by atoms with Crippen molar-refractivity contribution in [1.29, 1.82) is 0 Å². The SMILES string of the molecule is CC1CN(C(=O)c2ccc(CNC(=O)NCC3CCCN(Cc4ccccc4)C3)cc2)CC(C)O1. The van der Waals surface area contributed by atoms with Gasteiger partial charge in [-0.05, 0) is 62.4 Å². The van der Waals surface area contributed by atoms with E-state index >= 15 is 0 Å². The fourth-order valence-corrected chi connectivity index (χ4v) is 5.08. The second-order valence-electron chi connectivity index (χ2n) is 9.96. The van der Waals surface area contributed by atoms with Crippen LogP contribution in [0, 0.1) is 5.92 Å². The van der Waals surface area contributed by atoms with Gasteiger partial charge in [0.15, 0.2) is 0 Å². The normalized spacial score (nSPS) is 23.0. The van der Waals surface area contributed by atoms with Crippen LogP contribution in [0.25, 0.3) is 0 Å². The van der Waals surface area contributed by atoms with Crippen molar-refractivity contribution >= 4 is 11.9 Å². The zero-order chi connectivity index (χ0) is 24.6. The van der Waals surface area contributed by atoms with E-state index in [0.29, 0.717) is 37.7 Å². The van der Waals surface area contributed by atoms with E-state index in [1.807, 2.05) is 49.1 Å². The van der Waals surface area contributed by atoms with Crippen LogP contribution >= 0.6 is 0 Å². The largest absolute Gasteiger partial charge is 0.372 e. The maximum Gasteiger partial charge on any atom is 0.315 e. The molecule has 35 heavy (non-hydrogen) atoms. The van der Waals surface area contributed by atoms with E-state index in [1.54, 1.807) is 0 Å². The third-order valence-corrected chi connectivity index (χ3v) is 6.76. The van der Waals surface area contributed by atoms with Crippen molar-refractivity contribution in [3.05, 3.63) is 71.3 Å². The Morgan fingerprint density at radius 2 is 1.63 bits per heavy atom. The number of piperidine rings is 1. The lowest BCUT2D eigenvalue weighted by atomic mass is 9.97. The molecule has 2 aliphatic rings. The standard InChI is InChI=1S/C28H38N4O3/c1-21-17-32(18-22(2)35-21)27(33)26-12-10-23(11-13-26)15-29-28(34)30-16-25-9-6-14-31(20-25)19-24-7-4-3-5-8-24/h3-5,7-8,10-13,21-22,25H,6,9,14-20H2,1-2H3,(H2,29,30,34). The van der Waals surface area contributed by atoms with Crippen molar-refractivity contribution in [2.24, 2.45) is 5.92 Å². The molecule has 0 bridgehead atoms. The summed E-state index contributed by atoms with van der Waals surface area (Å²) in [5, 5.41) is 5.98. The maximum atomic E-state index is 12.8. The number of urea groups is 1. The summed E-state index contributed by atoms with van der Waals surface area (Å²) in [6.07, 6.45) is 2.39. The summed E-state index contributed by atoms with van der Waals surface area (Å²) in [6.45, 7) is 9.39. The summed E-state index contributed by atoms with van der Waals surface area (Å²) in [6, 6.07) is 17.9. The number of likely N-dealkylation sites (tertiary alicyclic amines) is 1. The molecule has 0 spiro atoms. The van der Waals surface area contributed by atoms with E-state index in [2.05, 4.69) is 39.8 Å². The van der Waals surface area contributed by atoms with Crippen molar-refractivity contribution in [2.75, 3.05) is 32.7 Å². The summed E-state index contributed by atoms with van der Waals surface area (Å²) >= 11 is 0. The van der Waals surface area contributed by atoms with Crippen LogP contribution < -0.4 is 10.6 Å². The highest BCUT2D eigenvalue weighted by molar-refractivity contribution is 5.94. The molecular formula is C28H38N4O3. The molecule has 3 amide bonds. The number of benzene rings is 2. The first-order chi connectivity index (χ1) is 17.0. The zero-order valence-corrected chi connectivity index (χ0v) is 20.9. The lowest BCUT2D eigenvalue weighted by molar-refractivity contribution is -0.0586. The Morgan fingerprint density at radius 1 is 0.914 bits per heavy atom. The van der Waals surface area contributed by atoms with Gasteiger partial charge in [0, 0.05) is 44.8 Å². The predicted octanol–water partition coefficient (Wildman–Crippen LogP) is 3.65. The Morgan fingerprint density at radius 3 is 2.34 bits per heavy atom. The van der Waals surface area contributed by atoms with Gasteiger partial charge in [-0.3, -0.25) is 9.69 Å². The van der Waals surface area contributed by atoms with Crippen LogP contribution in [0.4, 0.5) is 4.79 Å². The number of rotatable bonds is 7. The Labute approximate surface area is 208 Å². The molecule has 2 aromatic rings. The monoisotopic (exact) mass is 478 g/mol. The Hall–Kier alpha value is -2.90. The number of nitrogens with zero attached hydrogens (tertiary/aromatic N) is 2. The van der Waals surface area contributed by atoms with Gasteiger partial charge in [0.2, 0.25) is 0 Å². The van der Waals surface area contributed by atoms with E-state index in [1.165, 1.54) is 5.56 Å². The average Bonchev–Trinajstić information content (AvgIpc) is 2.86. The molecule has 0 saturated carbocycles. The molecule has 0 aliphatic carbocycles. The smallest absolute Gasteiger partial charge is 0.315 e. The van der Waals surface area contributed by atoms with Crippen LogP contribution in [-0.4, -0.2) is 66.7 Å². The summed E-state index contributed by atoms with van der Waals surface area (Å²) in [5.41, 5.74) is 2.96. The molecule has 3 unspecified atom stereocenters. The second-order valence-corrected chi connectivity index (χ2v) is 9.96. The van der Waals surface area contributed by atoms with E-state index in [9.17, 15) is 9.59 Å². The number of hydrogen-bond donors (Lipinski definition) is 2. The fourth-order valence-electron chi connectivity index (χ4n) is 5.08. The van der Waals surface area contributed by atoms with Crippen molar-refractivity contribution in [3.63, 3.8) is 0 Å². The van der Waals surface area contributed by atoms with Crippen LogP contribution in [0.1, 0.15) is 48.2 Å². The highest BCUT2D eigenvalue weighted by Gasteiger charge is 2.26. The summed E-state index contributed by atoms with van der Waals surface area (Å²) < 4.78 is 5.72. The molecule has 2 aliphatic heterocycles. The van der Waals surface area contributed by atoms with E-state index < -0.39 is 0 Å². The van der Waals surface area contributed by atoms with Crippen molar-refractivity contribution in [3.8, 4) is 0 Å². The third kappa shape index (κ3) is 7.54. The number of carbonyl (C=O) groups is 2. The molecule has 2 heterocycles. The minimum absolute atomic E-state index is 0.0260. The highest BCUT2D eigenvalue weighted by Crippen LogP contribution is 2.18. The van der Waals surface area contributed by atoms with Crippen LogP contribution in [0.5, 0.6) is 0 Å². The topological polar surface area (TPSA) is 73.9 Å². The third-order valence-electron chi connectivity index (χ3n) is 6.76. The van der Waals surface area contributed by atoms with Crippen LogP contribution in [0.2, 0.25) is 0 Å². The molecule has 0 radical (unpaired) electrons. The first kappa shape index (κ1) is 25.2. The lowest BCUT2D eigenvalue weighted by Gasteiger charge is -2.35. The minimum Gasteiger partial charge on any atom is -0.372 e. The molecule has 2 saturated heterocycles. The van der Waals surface area contributed by atoms with Gasteiger partial charge in [0.25, 0.3) is 5.91 Å². The first-order valence-electron chi connectivity index (χ1n) is 12.8. The first-order valence-corrected chi connectivity index (χ1v) is 12.8. The van der Waals surface area contributed by atoms with Gasteiger partial charge in [-0.2, -0.15) is 0 Å². The highest BCUT2D eigenvalue weighted by atomic mass is 16.5. The van der Waals surface area contributed by atoms with Gasteiger partial charge < -0.3 is 20.3 Å². The van der Waals surface area contributed by atoms with E-state index in [-0.39, 0.29) is 24.1 Å². The predicted molar refractivity (Wildman–Crippen MR) is 137 cm³/mol. The minimum atomic E-state index is -0.151. The van der Waals surface area contributed by atoms with Crippen molar-refractivity contribution < 1.29 is 14.3 Å². The summed E-state index contributed by atoms with van der Waals surface area (Å²) in [4.78, 5) is 29.5. The van der Waals surface area contributed by atoms with Crippen molar-refractivity contribution in [2.45, 2.75) is 52.0 Å². The molecule has 188 valence electrons. The van der Waals surface area contributed by atoms with Gasteiger partial charge in [-0.1, -0.05) is 42.5 Å². The number of ether oxygens (including phenoxy) is 1. The number of amides is 3. The molecule has 2 N–H and O–H groups in total. The molecule has 4 rings (SSSR count). The van der Waals surface area contributed by atoms with Crippen LogP contribution in [-0.2, 0) is 17.8 Å². The molecule has 7 heteroatoms. The molecule has 3 atom stereocenters. The quantitative estimate of drug-likeness (QED) is 0.637. The number of nitrogens with one attached hydrogen (secondary N) is 2. The molecular weight excluding hydrogens is 440 g/mol. The molecule has 0 aromatic heterocycles. The number of hydrogen-bond acceptors (Lipinski definition) is 4. The summed E-state index contributed by atoms with van der Waals surface area (Å²) in [7, 11) is 0. The lowest BCUT2D eigenvalue weighted by Crippen LogP contribution is -2.48. The molecule has 2 fully saturated rings. The van der Waals surface area contributed by atoms with Gasteiger partial charge in [-0.25, -0.2) is 4.79 Å². The molecule has 7 nitrogen and oxygen atoms in total. The van der Waals surface area contributed by atoms with E-state index in [4.69, 9.17) is 4.74 Å². The number of morpholine rings is 1. The molecule has 2 aromatic carbocycles. The summed E-state index contributed by atoms with van der Waals surface area (Å²) in [5.74, 6) is 0.493. The Balaban J connectivity index is 1.18. The van der Waals surface area contributed by atoms with Gasteiger partial charge in [-0.15, -0.1) is 0 Å². The Kier molecular flexibility index (Phi) is 8.77. The van der Waals surface area contributed by atoms with Crippen LogP contribution in [0.15, 0.2) is 54.6 Å². The maximum absolute atomic E-state index is 12.8. The van der Waals surface area contributed by atoms with Crippen molar-refractivity contribution in [1.82, 2.24) is 20.4 Å². The Bertz CT molecular complexity index is 956. The van der Waals surface area contributed by atoms with E-state index in [0.717, 1.165) is 38.0 Å².